The minimum absolute atomic E-state index is 0.0351. The second-order valence-electron chi connectivity index (χ2n) is 9.31. The Morgan fingerprint density at radius 2 is 2.11 bits per heavy atom. The topological polar surface area (TPSA) is 88.4 Å². The number of benzene rings is 1. The zero-order valence-electron chi connectivity index (χ0n) is 20.6. The summed E-state index contributed by atoms with van der Waals surface area (Å²) in [5, 5.41) is 10.3. The molecule has 1 aliphatic heterocycles. The first kappa shape index (κ1) is 26.3. The van der Waals surface area contributed by atoms with Gasteiger partial charge >= 0.3 is 5.97 Å². The highest BCUT2D eigenvalue weighted by Crippen LogP contribution is 2.36. The highest BCUT2D eigenvalue weighted by atomic mass is 32.2. The first-order chi connectivity index (χ1) is 17.5. The number of rotatable bonds is 12. The Hall–Kier alpha value is -2.78. The van der Waals surface area contributed by atoms with Crippen molar-refractivity contribution < 1.29 is 19.0 Å². The molecule has 0 bridgehead atoms. The molecule has 0 saturated carbocycles. The molecule has 0 aliphatic carbocycles. The molecule has 9 heteroatoms. The molecule has 1 aromatic carbocycles. The predicted molar refractivity (Wildman–Crippen MR) is 139 cm³/mol. The van der Waals surface area contributed by atoms with Crippen molar-refractivity contribution in [2.24, 2.45) is 11.8 Å². The van der Waals surface area contributed by atoms with Gasteiger partial charge in [0.15, 0.2) is 0 Å². The van der Waals surface area contributed by atoms with Crippen LogP contribution >= 0.6 is 11.8 Å². The van der Waals surface area contributed by atoms with Crippen molar-refractivity contribution >= 4 is 28.6 Å². The van der Waals surface area contributed by atoms with Crippen LogP contribution < -0.4 is 4.74 Å². The summed E-state index contributed by atoms with van der Waals surface area (Å²) in [7, 11) is 1.59. The number of pyridine rings is 1. The number of ether oxygens (including phenoxy) is 1. The van der Waals surface area contributed by atoms with E-state index in [0.717, 1.165) is 54.0 Å². The average molecular weight is 513 g/mol. The first-order valence-corrected chi connectivity index (χ1v) is 13.4. The molecule has 4 rings (SSSR count). The SMILES string of the molecule is COc1ccc2nccc(C(F)CC[C@@H]3CCN(CCCSc4cncnc4)C[C@@H]3CC(=O)O)c2c1. The summed E-state index contributed by atoms with van der Waals surface area (Å²) in [6, 6.07) is 7.24. The monoisotopic (exact) mass is 512 g/mol. The number of carbonyl (C=O) groups is 1. The summed E-state index contributed by atoms with van der Waals surface area (Å²) in [5.41, 5.74) is 1.36. The third kappa shape index (κ3) is 7.13. The number of thioether (sulfide) groups is 1. The number of aliphatic carboxylic acids is 1. The van der Waals surface area contributed by atoms with Crippen LogP contribution in [0.5, 0.6) is 5.75 Å². The normalized spacial score (nSPS) is 19.3. The van der Waals surface area contributed by atoms with Crippen LogP contribution in [0.3, 0.4) is 0 Å². The second kappa shape index (κ2) is 13.0. The van der Waals surface area contributed by atoms with Gasteiger partial charge < -0.3 is 14.7 Å². The van der Waals surface area contributed by atoms with Crippen LogP contribution in [0.25, 0.3) is 10.9 Å². The van der Waals surface area contributed by atoms with Crippen molar-refractivity contribution in [3.63, 3.8) is 0 Å². The van der Waals surface area contributed by atoms with Crippen LogP contribution in [0.4, 0.5) is 4.39 Å². The fraction of sp³-hybridized carbons (Fsp3) is 0.481. The molecular weight excluding hydrogens is 479 g/mol. The number of methoxy groups -OCH3 is 1. The number of carboxylic acids is 1. The van der Waals surface area contributed by atoms with E-state index in [0.29, 0.717) is 24.2 Å². The lowest BCUT2D eigenvalue weighted by atomic mass is 9.79. The maximum Gasteiger partial charge on any atom is 0.303 e. The highest BCUT2D eigenvalue weighted by Gasteiger charge is 2.31. The molecule has 1 unspecified atom stereocenters. The molecule has 1 fully saturated rings. The van der Waals surface area contributed by atoms with Crippen molar-refractivity contribution in [2.45, 2.75) is 43.2 Å². The van der Waals surface area contributed by atoms with Crippen molar-refractivity contribution in [3.05, 3.63) is 54.7 Å². The van der Waals surface area contributed by atoms with Crippen molar-refractivity contribution in [1.29, 1.82) is 0 Å². The summed E-state index contributed by atoms with van der Waals surface area (Å²) in [6.45, 7) is 2.61. The predicted octanol–water partition coefficient (Wildman–Crippen LogP) is 5.42. The van der Waals surface area contributed by atoms with Crippen LogP contribution in [-0.2, 0) is 4.79 Å². The molecule has 0 spiro atoms. The van der Waals surface area contributed by atoms with Gasteiger partial charge in [0.25, 0.3) is 0 Å². The zero-order valence-corrected chi connectivity index (χ0v) is 21.4. The third-order valence-electron chi connectivity index (χ3n) is 6.95. The lowest BCUT2D eigenvalue weighted by Crippen LogP contribution is -2.42. The molecule has 3 atom stereocenters. The molecule has 3 aromatic rings. The van der Waals surface area contributed by atoms with E-state index in [-0.39, 0.29) is 18.3 Å². The lowest BCUT2D eigenvalue weighted by molar-refractivity contribution is -0.139. The molecule has 192 valence electrons. The van der Waals surface area contributed by atoms with Gasteiger partial charge in [0.05, 0.1) is 12.6 Å². The number of fused-ring (bicyclic) bond motifs is 1. The second-order valence-corrected chi connectivity index (χ2v) is 10.5. The van der Waals surface area contributed by atoms with E-state index in [4.69, 9.17) is 4.74 Å². The number of aromatic nitrogens is 3. The number of nitrogens with zero attached hydrogens (tertiary/aromatic N) is 4. The Labute approximate surface area is 215 Å². The Kier molecular flexibility index (Phi) is 9.47. The Morgan fingerprint density at radius 3 is 2.89 bits per heavy atom. The molecular formula is C27H33FN4O3S. The highest BCUT2D eigenvalue weighted by molar-refractivity contribution is 7.99. The van der Waals surface area contributed by atoms with E-state index in [1.165, 1.54) is 6.33 Å². The van der Waals surface area contributed by atoms with Crippen LogP contribution in [-0.4, -0.2) is 63.4 Å². The van der Waals surface area contributed by atoms with E-state index < -0.39 is 12.1 Å². The maximum atomic E-state index is 15.5. The molecule has 1 N–H and O–H groups in total. The van der Waals surface area contributed by atoms with E-state index in [1.807, 2.05) is 30.6 Å². The van der Waals surface area contributed by atoms with Gasteiger partial charge in [-0.15, -0.1) is 11.8 Å². The fourth-order valence-electron chi connectivity index (χ4n) is 5.10. The average Bonchev–Trinajstić information content (AvgIpc) is 2.90. The maximum absolute atomic E-state index is 15.5. The number of hydrogen-bond acceptors (Lipinski definition) is 7. The van der Waals surface area contributed by atoms with E-state index in [1.54, 1.807) is 31.1 Å². The number of halogens is 1. The Morgan fingerprint density at radius 1 is 1.28 bits per heavy atom. The quantitative estimate of drug-likeness (QED) is 0.254. The molecule has 1 saturated heterocycles. The van der Waals surface area contributed by atoms with Crippen molar-refractivity contribution in [2.75, 3.05) is 32.5 Å². The third-order valence-corrected chi connectivity index (χ3v) is 7.98. The summed E-state index contributed by atoms with van der Waals surface area (Å²) >= 11 is 1.73. The lowest BCUT2D eigenvalue weighted by Gasteiger charge is -2.38. The van der Waals surface area contributed by atoms with Crippen molar-refractivity contribution in [3.8, 4) is 5.75 Å². The fourth-order valence-corrected chi connectivity index (χ4v) is 5.88. The Bertz CT molecular complexity index is 1140. The number of likely N-dealkylation sites (tertiary alicyclic amines) is 1. The number of carboxylic acid groups (broad SMARTS) is 1. The number of hydrogen-bond donors (Lipinski definition) is 1. The largest absolute Gasteiger partial charge is 0.497 e. The van der Waals surface area contributed by atoms with Gasteiger partial charge in [-0.3, -0.25) is 9.78 Å². The number of piperidine rings is 1. The van der Waals surface area contributed by atoms with E-state index >= 15 is 4.39 Å². The van der Waals surface area contributed by atoms with Gasteiger partial charge in [0.2, 0.25) is 0 Å². The smallest absolute Gasteiger partial charge is 0.303 e. The summed E-state index contributed by atoms with van der Waals surface area (Å²) in [4.78, 5) is 27.4. The van der Waals surface area contributed by atoms with Crippen LogP contribution in [0, 0.1) is 11.8 Å². The molecule has 1 aliphatic rings. The minimum Gasteiger partial charge on any atom is -0.497 e. The summed E-state index contributed by atoms with van der Waals surface area (Å²) in [6.07, 6.45) is 8.74. The van der Waals surface area contributed by atoms with Crippen LogP contribution in [0.1, 0.15) is 43.8 Å². The van der Waals surface area contributed by atoms with Crippen molar-refractivity contribution in [1.82, 2.24) is 19.9 Å². The molecule has 7 nitrogen and oxygen atoms in total. The molecule has 3 heterocycles. The van der Waals surface area contributed by atoms with Gasteiger partial charge in [-0.1, -0.05) is 0 Å². The van der Waals surface area contributed by atoms with Gasteiger partial charge in [-0.05, 0) is 86.2 Å². The molecule has 2 aromatic heterocycles. The zero-order chi connectivity index (χ0) is 25.3. The van der Waals surface area contributed by atoms with Crippen LogP contribution in [0.2, 0.25) is 0 Å². The van der Waals surface area contributed by atoms with Gasteiger partial charge in [0, 0.05) is 41.8 Å². The van der Waals surface area contributed by atoms with Gasteiger partial charge in [0.1, 0.15) is 18.2 Å². The summed E-state index contributed by atoms with van der Waals surface area (Å²) in [5.74, 6) is 1.09. The van der Waals surface area contributed by atoms with E-state index in [2.05, 4.69) is 19.9 Å². The number of alkyl halides is 1. The molecule has 0 amide bonds. The van der Waals surface area contributed by atoms with Gasteiger partial charge in [-0.25, -0.2) is 14.4 Å². The minimum atomic E-state index is -1.13. The molecule has 0 radical (unpaired) electrons. The standard InChI is InChI=1S/C27H33FN4O3S/c1-35-21-4-6-26-24(14-21)23(7-9-31-26)25(28)5-3-19-8-11-32(17-20(19)13-27(33)34)10-2-12-36-22-15-29-18-30-16-22/h4,6-7,9,14-16,18-20,25H,2-3,5,8,10-13,17H2,1H3,(H,33,34)/t19-,20+,25?/m1/s1. The van der Waals surface area contributed by atoms with Gasteiger partial charge in [-0.2, -0.15) is 0 Å². The van der Waals surface area contributed by atoms with E-state index in [9.17, 15) is 9.90 Å². The summed E-state index contributed by atoms with van der Waals surface area (Å²) < 4.78 is 20.8. The Balaban J connectivity index is 1.31. The first-order valence-electron chi connectivity index (χ1n) is 12.4. The molecule has 36 heavy (non-hydrogen) atoms. The van der Waals surface area contributed by atoms with Crippen LogP contribution in [0.15, 0.2) is 54.1 Å².